The zero-order valence-electron chi connectivity index (χ0n) is 14.7. The molecular weight excluding hydrogens is 387 g/mol. The Morgan fingerprint density at radius 3 is 2.63 bits per heavy atom. The van der Waals surface area contributed by atoms with E-state index in [1.54, 1.807) is 24.4 Å². The van der Waals surface area contributed by atoms with Crippen molar-refractivity contribution in [3.05, 3.63) is 64.6 Å². The Labute approximate surface area is 167 Å². The van der Waals surface area contributed by atoms with Crippen LogP contribution < -0.4 is 10.1 Å². The number of benzene rings is 2. The third kappa shape index (κ3) is 5.25. The number of anilines is 1. The molecular formula is C20H18Cl2N2O3. The van der Waals surface area contributed by atoms with Crippen LogP contribution in [0.2, 0.25) is 10.0 Å². The van der Waals surface area contributed by atoms with Crippen LogP contribution in [0.15, 0.2) is 53.1 Å². The average molecular weight is 405 g/mol. The molecule has 0 fully saturated rings. The number of rotatable bonds is 7. The summed E-state index contributed by atoms with van der Waals surface area (Å²) in [6, 6.07) is 12.5. The van der Waals surface area contributed by atoms with Gasteiger partial charge in [0, 0.05) is 24.1 Å². The fourth-order valence-corrected chi connectivity index (χ4v) is 2.76. The number of aryl methyl sites for hydroxylation is 1. The largest absolute Gasteiger partial charge is 0.494 e. The molecule has 0 saturated carbocycles. The van der Waals surface area contributed by atoms with E-state index >= 15 is 0 Å². The molecule has 0 saturated heterocycles. The minimum atomic E-state index is -0.158. The second-order valence-electron chi connectivity index (χ2n) is 5.75. The van der Waals surface area contributed by atoms with Gasteiger partial charge >= 0.3 is 0 Å². The molecule has 27 heavy (non-hydrogen) atoms. The highest BCUT2D eigenvalue weighted by atomic mass is 35.5. The number of hydrogen-bond donors (Lipinski definition) is 1. The Bertz CT molecular complexity index is 923. The van der Waals surface area contributed by atoms with Crippen molar-refractivity contribution in [2.45, 2.75) is 19.8 Å². The van der Waals surface area contributed by atoms with E-state index in [4.69, 9.17) is 32.4 Å². The summed E-state index contributed by atoms with van der Waals surface area (Å²) in [6.45, 7) is 2.56. The minimum absolute atomic E-state index is 0.158. The SMILES string of the molecule is CCOc1ccc(-c2cnc(CCC(=O)Nc3ccc(Cl)c(Cl)c3)o2)cc1. The first kappa shape index (κ1) is 19.3. The Kier molecular flexibility index (Phi) is 6.37. The van der Waals surface area contributed by atoms with E-state index in [0.717, 1.165) is 11.3 Å². The molecule has 0 atom stereocenters. The summed E-state index contributed by atoms with van der Waals surface area (Å²) in [6.07, 6.45) is 2.29. The maximum Gasteiger partial charge on any atom is 0.224 e. The van der Waals surface area contributed by atoms with Crippen LogP contribution in [0.3, 0.4) is 0 Å². The van der Waals surface area contributed by atoms with Gasteiger partial charge in [0.15, 0.2) is 11.7 Å². The number of aromatic nitrogens is 1. The molecule has 0 spiro atoms. The molecule has 5 nitrogen and oxygen atoms in total. The molecule has 3 aromatic rings. The summed E-state index contributed by atoms with van der Waals surface area (Å²) in [7, 11) is 0. The average Bonchev–Trinajstić information content (AvgIpc) is 3.13. The summed E-state index contributed by atoms with van der Waals surface area (Å²) in [4.78, 5) is 16.3. The van der Waals surface area contributed by atoms with Gasteiger partial charge in [-0.1, -0.05) is 23.2 Å². The summed E-state index contributed by atoms with van der Waals surface area (Å²) in [5.41, 5.74) is 1.49. The van der Waals surface area contributed by atoms with Crippen molar-refractivity contribution in [3.63, 3.8) is 0 Å². The highest BCUT2D eigenvalue weighted by Crippen LogP contribution is 2.26. The van der Waals surface area contributed by atoms with Crippen molar-refractivity contribution in [2.24, 2.45) is 0 Å². The highest BCUT2D eigenvalue weighted by Gasteiger charge is 2.10. The van der Waals surface area contributed by atoms with Crippen LogP contribution in [0.5, 0.6) is 5.75 Å². The Morgan fingerprint density at radius 1 is 1.15 bits per heavy atom. The number of halogens is 2. The van der Waals surface area contributed by atoms with Gasteiger partial charge in [-0.2, -0.15) is 0 Å². The van der Waals surface area contributed by atoms with Crippen LogP contribution in [0.4, 0.5) is 5.69 Å². The molecule has 1 amide bonds. The first-order valence-electron chi connectivity index (χ1n) is 8.48. The van der Waals surface area contributed by atoms with E-state index in [9.17, 15) is 4.79 Å². The van der Waals surface area contributed by atoms with E-state index in [1.165, 1.54) is 0 Å². The van der Waals surface area contributed by atoms with Gasteiger partial charge in [-0.15, -0.1) is 0 Å². The second-order valence-corrected chi connectivity index (χ2v) is 6.57. The lowest BCUT2D eigenvalue weighted by Gasteiger charge is -2.05. The van der Waals surface area contributed by atoms with Gasteiger partial charge in [0.25, 0.3) is 0 Å². The normalized spacial score (nSPS) is 10.6. The summed E-state index contributed by atoms with van der Waals surface area (Å²) in [5, 5.41) is 3.60. The number of nitrogens with one attached hydrogen (secondary N) is 1. The van der Waals surface area contributed by atoms with Gasteiger partial charge in [0.2, 0.25) is 5.91 Å². The van der Waals surface area contributed by atoms with E-state index in [-0.39, 0.29) is 12.3 Å². The molecule has 0 unspecified atom stereocenters. The predicted octanol–water partition coefficient (Wildman–Crippen LogP) is 5.62. The van der Waals surface area contributed by atoms with Gasteiger partial charge < -0.3 is 14.5 Å². The first-order valence-corrected chi connectivity index (χ1v) is 9.23. The Morgan fingerprint density at radius 2 is 1.93 bits per heavy atom. The molecule has 0 radical (unpaired) electrons. The van der Waals surface area contributed by atoms with Crippen LogP contribution in [0.1, 0.15) is 19.2 Å². The van der Waals surface area contributed by atoms with Crippen molar-refractivity contribution >= 4 is 34.8 Å². The number of ether oxygens (including phenoxy) is 1. The van der Waals surface area contributed by atoms with Crippen LogP contribution in [-0.4, -0.2) is 17.5 Å². The molecule has 140 valence electrons. The van der Waals surface area contributed by atoms with Crippen molar-refractivity contribution in [1.29, 1.82) is 0 Å². The fourth-order valence-electron chi connectivity index (χ4n) is 2.46. The van der Waals surface area contributed by atoms with Gasteiger partial charge in [0.05, 0.1) is 22.8 Å². The summed E-state index contributed by atoms with van der Waals surface area (Å²) < 4.78 is 11.2. The van der Waals surface area contributed by atoms with E-state index < -0.39 is 0 Å². The van der Waals surface area contributed by atoms with Crippen molar-refractivity contribution in [2.75, 3.05) is 11.9 Å². The van der Waals surface area contributed by atoms with Crippen molar-refractivity contribution in [1.82, 2.24) is 4.98 Å². The van der Waals surface area contributed by atoms with Gasteiger partial charge in [-0.25, -0.2) is 4.98 Å². The lowest BCUT2D eigenvalue weighted by molar-refractivity contribution is -0.116. The van der Waals surface area contributed by atoms with Gasteiger partial charge in [0.1, 0.15) is 5.75 Å². The molecule has 2 aromatic carbocycles. The molecule has 0 aliphatic heterocycles. The van der Waals surface area contributed by atoms with E-state index in [2.05, 4.69) is 10.3 Å². The quantitative estimate of drug-likeness (QED) is 0.554. The zero-order chi connectivity index (χ0) is 19.2. The van der Waals surface area contributed by atoms with Crippen LogP contribution in [0, 0.1) is 0 Å². The third-order valence-electron chi connectivity index (χ3n) is 3.77. The Hall–Kier alpha value is -2.50. The van der Waals surface area contributed by atoms with Crippen molar-refractivity contribution in [3.8, 4) is 17.1 Å². The molecule has 3 rings (SSSR count). The fraction of sp³-hybridized carbons (Fsp3) is 0.200. The lowest BCUT2D eigenvalue weighted by Crippen LogP contribution is -2.12. The second kappa shape index (κ2) is 8.93. The number of nitrogens with zero attached hydrogens (tertiary/aromatic N) is 1. The highest BCUT2D eigenvalue weighted by molar-refractivity contribution is 6.42. The monoisotopic (exact) mass is 404 g/mol. The lowest BCUT2D eigenvalue weighted by atomic mass is 10.2. The maximum absolute atomic E-state index is 12.1. The maximum atomic E-state index is 12.1. The molecule has 1 aromatic heterocycles. The van der Waals surface area contributed by atoms with E-state index in [0.29, 0.717) is 40.4 Å². The van der Waals surface area contributed by atoms with Crippen LogP contribution in [-0.2, 0) is 11.2 Å². The number of amides is 1. The topological polar surface area (TPSA) is 64.4 Å². The minimum Gasteiger partial charge on any atom is -0.494 e. The van der Waals surface area contributed by atoms with E-state index in [1.807, 2.05) is 31.2 Å². The predicted molar refractivity (Wildman–Crippen MR) is 107 cm³/mol. The molecule has 7 heteroatoms. The smallest absolute Gasteiger partial charge is 0.224 e. The first-order chi connectivity index (χ1) is 13.0. The number of carbonyl (C=O) groups is 1. The number of hydrogen-bond acceptors (Lipinski definition) is 4. The molecule has 1 heterocycles. The van der Waals surface area contributed by atoms with Gasteiger partial charge in [-0.05, 0) is 49.4 Å². The Balaban J connectivity index is 1.55. The summed E-state index contributed by atoms with van der Waals surface area (Å²) in [5.74, 6) is 1.80. The number of carbonyl (C=O) groups excluding carboxylic acids is 1. The molecule has 0 aliphatic carbocycles. The standard InChI is InChI=1S/C20H18Cl2N2O3/c1-2-26-15-6-3-13(4-7-15)18-12-23-20(27-18)10-9-19(25)24-14-5-8-16(21)17(22)11-14/h3-8,11-12H,2,9-10H2,1H3,(H,24,25). The molecule has 0 aliphatic rings. The van der Waals surface area contributed by atoms with Crippen LogP contribution in [0.25, 0.3) is 11.3 Å². The van der Waals surface area contributed by atoms with Crippen LogP contribution >= 0.6 is 23.2 Å². The van der Waals surface area contributed by atoms with Crippen molar-refractivity contribution < 1.29 is 13.9 Å². The molecule has 0 bridgehead atoms. The molecule has 1 N–H and O–H groups in total. The third-order valence-corrected chi connectivity index (χ3v) is 4.51. The summed E-state index contributed by atoms with van der Waals surface area (Å²) >= 11 is 11.8. The zero-order valence-corrected chi connectivity index (χ0v) is 16.2. The number of oxazole rings is 1. The van der Waals surface area contributed by atoms with Gasteiger partial charge in [-0.3, -0.25) is 4.79 Å².